The zero-order valence-corrected chi connectivity index (χ0v) is 17.8. The summed E-state index contributed by atoms with van der Waals surface area (Å²) in [5.41, 5.74) is 2.65. The van der Waals surface area contributed by atoms with Crippen LogP contribution in [0.15, 0.2) is 36.4 Å². The molecule has 0 aliphatic carbocycles. The molecule has 0 unspecified atom stereocenters. The monoisotopic (exact) mass is 439 g/mol. The van der Waals surface area contributed by atoms with Crippen LogP contribution in [-0.4, -0.2) is 56.0 Å². The van der Waals surface area contributed by atoms with Crippen molar-refractivity contribution in [2.24, 2.45) is 0 Å². The second-order valence-corrected chi connectivity index (χ2v) is 7.61. The Morgan fingerprint density at radius 3 is 2.75 bits per heavy atom. The third-order valence-corrected chi connectivity index (χ3v) is 5.20. The standard InChI is InChI=1S/C23H25N3O6/c1-26(14-15-2-6-19-20(12-15)32-11-10-31-19)23(29)22(28)24-8-9-30-17-4-5-18-16(13-17)3-7-21(27)25-18/h2,4-6,12-13H,3,7-11,14H2,1H3,(H,24,28)(H,25,27). The highest BCUT2D eigenvalue weighted by molar-refractivity contribution is 6.34. The highest BCUT2D eigenvalue weighted by Crippen LogP contribution is 2.31. The van der Waals surface area contributed by atoms with Crippen molar-refractivity contribution in [3.05, 3.63) is 47.5 Å². The molecule has 0 radical (unpaired) electrons. The lowest BCUT2D eigenvalue weighted by Crippen LogP contribution is -2.42. The van der Waals surface area contributed by atoms with Crippen LogP contribution in [0, 0.1) is 0 Å². The lowest BCUT2D eigenvalue weighted by Gasteiger charge is -2.21. The molecule has 0 saturated carbocycles. The molecular formula is C23H25N3O6. The van der Waals surface area contributed by atoms with Gasteiger partial charge in [0.1, 0.15) is 25.6 Å². The van der Waals surface area contributed by atoms with Crippen molar-refractivity contribution >= 4 is 23.4 Å². The number of aryl methyl sites for hydroxylation is 1. The number of benzene rings is 2. The fourth-order valence-electron chi connectivity index (χ4n) is 3.56. The van der Waals surface area contributed by atoms with E-state index in [2.05, 4.69) is 10.6 Å². The quantitative estimate of drug-likeness (QED) is 0.522. The van der Waals surface area contributed by atoms with Gasteiger partial charge >= 0.3 is 11.8 Å². The molecule has 2 aliphatic heterocycles. The maximum Gasteiger partial charge on any atom is 0.311 e. The van der Waals surface area contributed by atoms with E-state index in [1.165, 1.54) is 4.90 Å². The molecule has 0 bridgehead atoms. The number of likely N-dealkylation sites (N-methyl/N-ethyl adjacent to an activating group) is 1. The van der Waals surface area contributed by atoms with Crippen molar-refractivity contribution in [2.75, 3.05) is 38.7 Å². The van der Waals surface area contributed by atoms with Crippen LogP contribution in [0.4, 0.5) is 5.69 Å². The molecule has 4 rings (SSSR count). The number of rotatable bonds is 6. The van der Waals surface area contributed by atoms with Gasteiger partial charge in [0, 0.05) is 25.7 Å². The first-order valence-electron chi connectivity index (χ1n) is 10.5. The summed E-state index contributed by atoms with van der Waals surface area (Å²) in [6.45, 7) is 1.67. The number of amides is 3. The van der Waals surface area contributed by atoms with Gasteiger partial charge in [-0.1, -0.05) is 6.07 Å². The van der Waals surface area contributed by atoms with Crippen LogP contribution in [0.25, 0.3) is 0 Å². The number of anilines is 1. The predicted molar refractivity (Wildman–Crippen MR) is 116 cm³/mol. The molecule has 32 heavy (non-hydrogen) atoms. The zero-order valence-electron chi connectivity index (χ0n) is 17.8. The van der Waals surface area contributed by atoms with E-state index in [4.69, 9.17) is 14.2 Å². The minimum atomic E-state index is -0.693. The molecule has 3 amide bonds. The van der Waals surface area contributed by atoms with Gasteiger partial charge in [0.25, 0.3) is 0 Å². The van der Waals surface area contributed by atoms with E-state index in [1.54, 1.807) is 25.2 Å². The van der Waals surface area contributed by atoms with E-state index in [9.17, 15) is 14.4 Å². The third-order valence-electron chi connectivity index (χ3n) is 5.20. The Labute approximate surface area is 185 Å². The molecule has 9 heteroatoms. The summed E-state index contributed by atoms with van der Waals surface area (Å²) in [6.07, 6.45) is 1.12. The second-order valence-electron chi connectivity index (χ2n) is 7.61. The van der Waals surface area contributed by atoms with Crippen molar-refractivity contribution in [2.45, 2.75) is 19.4 Å². The molecule has 0 atom stereocenters. The molecule has 0 spiro atoms. The molecule has 2 aromatic rings. The number of carbonyl (C=O) groups excluding carboxylic acids is 3. The van der Waals surface area contributed by atoms with Gasteiger partial charge in [0.15, 0.2) is 11.5 Å². The molecule has 0 fully saturated rings. The Hall–Kier alpha value is -3.75. The minimum absolute atomic E-state index is 0.0116. The van der Waals surface area contributed by atoms with Gasteiger partial charge in [-0.2, -0.15) is 0 Å². The van der Waals surface area contributed by atoms with Gasteiger partial charge in [-0.15, -0.1) is 0 Å². The molecule has 2 heterocycles. The molecule has 2 aromatic carbocycles. The van der Waals surface area contributed by atoms with Crippen molar-refractivity contribution < 1.29 is 28.6 Å². The van der Waals surface area contributed by atoms with E-state index >= 15 is 0 Å². The molecule has 0 saturated heterocycles. The third kappa shape index (κ3) is 5.11. The van der Waals surface area contributed by atoms with E-state index < -0.39 is 11.8 Å². The van der Waals surface area contributed by atoms with Gasteiger partial charge in [0.05, 0.1) is 6.54 Å². The minimum Gasteiger partial charge on any atom is -0.492 e. The van der Waals surface area contributed by atoms with Crippen molar-refractivity contribution in [1.29, 1.82) is 0 Å². The number of nitrogens with zero attached hydrogens (tertiary/aromatic N) is 1. The first-order valence-corrected chi connectivity index (χ1v) is 10.5. The summed E-state index contributed by atoms with van der Waals surface area (Å²) in [4.78, 5) is 37.3. The fraction of sp³-hybridized carbons (Fsp3) is 0.348. The SMILES string of the molecule is CN(Cc1ccc2c(c1)OCCO2)C(=O)C(=O)NCCOc1ccc2c(c1)CCC(=O)N2. The van der Waals surface area contributed by atoms with E-state index in [1.807, 2.05) is 18.2 Å². The normalized spacial score (nSPS) is 14.1. The second kappa shape index (κ2) is 9.59. The van der Waals surface area contributed by atoms with Crippen molar-refractivity contribution in [3.8, 4) is 17.2 Å². The van der Waals surface area contributed by atoms with Crippen LogP contribution >= 0.6 is 0 Å². The molecule has 0 aromatic heterocycles. The average molecular weight is 439 g/mol. The Balaban J connectivity index is 1.22. The largest absolute Gasteiger partial charge is 0.492 e. The number of nitrogens with one attached hydrogen (secondary N) is 2. The summed E-state index contributed by atoms with van der Waals surface area (Å²) < 4.78 is 16.7. The van der Waals surface area contributed by atoms with Gasteiger partial charge in [-0.3, -0.25) is 14.4 Å². The van der Waals surface area contributed by atoms with Crippen LogP contribution in [0.3, 0.4) is 0 Å². The molecule has 2 N–H and O–H groups in total. The van der Waals surface area contributed by atoms with Gasteiger partial charge < -0.3 is 29.7 Å². The highest BCUT2D eigenvalue weighted by Gasteiger charge is 2.20. The van der Waals surface area contributed by atoms with Crippen LogP contribution in [-0.2, 0) is 27.3 Å². The smallest absolute Gasteiger partial charge is 0.311 e. The lowest BCUT2D eigenvalue weighted by atomic mass is 10.0. The summed E-state index contributed by atoms with van der Waals surface area (Å²) >= 11 is 0. The summed E-state index contributed by atoms with van der Waals surface area (Å²) in [6, 6.07) is 10.9. The maximum absolute atomic E-state index is 12.4. The predicted octanol–water partition coefficient (Wildman–Crippen LogP) is 1.50. The summed E-state index contributed by atoms with van der Waals surface area (Å²) in [5, 5.41) is 5.40. The molecular weight excluding hydrogens is 414 g/mol. The average Bonchev–Trinajstić information content (AvgIpc) is 2.81. The van der Waals surface area contributed by atoms with Crippen LogP contribution in [0.1, 0.15) is 17.5 Å². The van der Waals surface area contributed by atoms with Gasteiger partial charge in [0.2, 0.25) is 5.91 Å². The maximum atomic E-state index is 12.4. The van der Waals surface area contributed by atoms with Gasteiger partial charge in [-0.05, 0) is 47.9 Å². The number of carbonyl (C=O) groups is 3. The summed E-state index contributed by atoms with van der Waals surface area (Å²) in [7, 11) is 1.57. The van der Waals surface area contributed by atoms with E-state index in [0.717, 1.165) is 16.8 Å². The Bertz CT molecular complexity index is 1040. The Kier molecular flexibility index (Phi) is 6.44. The number of hydrogen-bond donors (Lipinski definition) is 2. The highest BCUT2D eigenvalue weighted by atomic mass is 16.6. The van der Waals surface area contributed by atoms with Crippen LogP contribution in [0.2, 0.25) is 0 Å². The molecule has 168 valence electrons. The number of hydrogen-bond acceptors (Lipinski definition) is 6. The van der Waals surface area contributed by atoms with E-state index in [-0.39, 0.29) is 25.6 Å². The first-order chi connectivity index (χ1) is 15.5. The van der Waals surface area contributed by atoms with Crippen LogP contribution in [0.5, 0.6) is 17.2 Å². The molecule has 9 nitrogen and oxygen atoms in total. The lowest BCUT2D eigenvalue weighted by molar-refractivity contribution is -0.145. The fourth-order valence-corrected chi connectivity index (χ4v) is 3.56. The zero-order chi connectivity index (χ0) is 22.5. The van der Waals surface area contributed by atoms with Gasteiger partial charge in [-0.25, -0.2) is 0 Å². The van der Waals surface area contributed by atoms with Crippen molar-refractivity contribution in [1.82, 2.24) is 10.2 Å². The topological polar surface area (TPSA) is 106 Å². The van der Waals surface area contributed by atoms with Crippen LogP contribution < -0.4 is 24.8 Å². The van der Waals surface area contributed by atoms with E-state index in [0.29, 0.717) is 43.3 Å². The summed E-state index contributed by atoms with van der Waals surface area (Å²) in [5.74, 6) is 0.649. The first kappa shape index (κ1) is 21.5. The van der Waals surface area contributed by atoms with Crippen molar-refractivity contribution in [3.63, 3.8) is 0 Å². The number of fused-ring (bicyclic) bond motifs is 2. The Morgan fingerprint density at radius 2 is 1.91 bits per heavy atom. The Morgan fingerprint density at radius 1 is 1.09 bits per heavy atom. The number of ether oxygens (including phenoxy) is 3. The molecule has 2 aliphatic rings.